The van der Waals surface area contributed by atoms with Gasteiger partial charge in [-0.15, -0.1) is 0 Å². The lowest BCUT2D eigenvalue weighted by Gasteiger charge is -2.20. The third-order valence-corrected chi connectivity index (χ3v) is 3.32. The maximum atomic E-state index is 10.8. The molecule has 1 aromatic heterocycles. The van der Waals surface area contributed by atoms with E-state index in [0.29, 0.717) is 36.1 Å². The summed E-state index contributed by atoms with van der Waals surface area (Å²) in [5, 5.41) is 18.0. The number of aromatic nitrogens is 2. The zero-order chi connectivity index (χ0) is 14.8. The SMILES string of the molecule is Cc1cc(-c2nc(C3COCCN3)no2)ccc1[N+](=O)[O-]. The van der Waals surface area contributed by atoms with Crippen LogP contribution in [0.2, 0.25) is 0 Å². The highest BCUT2D eigenvalue weighted by molar-refractivity contribution is 5.58. The second-order valence-electron chi connectivity index (χ2n) is 4.80. The molecular formula is C13H14N4O4. The molecule has 3 rings (SSSR count). The van der Waals surface area contributed by atoms with Crippen molar-refractivity contribution in [1.29, 1.82) is 0 Å². The molecule has 1 aromatic carbocycles. The minimum atomic E-state index is -0.415. The van der Waals surface area contributed by atoms with Crippen molar-refractivity contribution in [1.82, 2.24) is 15.5 Å². The van der Waals surface area contributed by atoms with Crippen molar-refractivity contribution < 1.29 is 14.2 Å². The Bertz CT molecular complexity index is 664. The number of ether oxygens (including phenoxy) is 1. The number of benzene rings is 1. The van der Waals surface area contributed by atoms with Crippen molar-refractivity contribution in [3.63, 3.8) is 0 Å². The van der Waals surface area contributed by atoms with Crippen molar-refractivity contribution in [3.05, 3.63) is 39.7 Å². The van der Waals surface area contributed by atoms with Gasteiger partial charge >= 0.3 is 0 Å². The zero-order valence-corrected chi connectivity index (χ0v) is 11.4. The number of nitrogens with one attached hydrogen (secondary N) is 1. The van der Waals surface area contributed by atoms with Crippen LogP contribution in [0.15, 0.2) is 22.7 Å². The van der Waals surface area contributed by atoms with Crippen molar-refractivity contribution in [2.24, 2.45) is 0 Å². The number of hydrogen-bond acceptors (Lipinski definition) is 7. The minimum Gasteiger partial charge on any atom is -0.378 e. The van der Waals surface area contributed by atoms with Gasteiger partial charge < -0.3 is 14.6 Å². The van der Waals surface area contributed by atoms with E-state index < -0.39 is 4.92 Å². The van der Waals surface area contributed by atoms with E-state index >= 15 is 0 Å². The predicted octanol–water partition coefficient (Wildman–Crippen LogP) is 1.61. The smallest absolute Gasteiger partial charge is 0.272 e. The van der Waals surface area contributed by atoms with Crippen LogP contribution in [0.5, 0.6) is 0 Å². The summed E-state index contributed by atoms with van der Waals surface area (Å²) in [7, 11) is 0. The Morgan fingerprint density at radius 2 is 2.33 bits per heavy atom. The molecule has 110 valence electrons. The molecule has 0 saturated carbocycles. The fourth-order valence-corrected chi connectivity index (χ4v) is 2.22. The van der Waals surface area contributed by atoms with E-state index in [2.05, 4.69) is 15.5 Å². The highest BCUT2D eigenvalue weighted by atomic mass is 16.6. The molecule has 2 aromatic rings. The fraction of sp³-hybridized carbons (Fsp3) is 0.385. The number of nitro groups is 1. The lowest BCUT2D eigenvalue weighted by Crippen LogP contribution is -2.35. The first-order chi connectivity index (χ1) is 10.1. The molecule has 1 N–H and O–H groups in total. The van der Waals surface area contributed by atoms with E-state index in [1.54, 1.807) is 19.1 Å². The summed E-state index contributed by atoms with van der Waals surface area (Å²) in [6, 6.07) is 4.62. The highest BCUT2D eigenvalue weighted by Gasteiger charge is 2.22. The normalized spacial score (nSPS) is 18.6. The van der Waals surface area contributed by atoms with Crippen molar-refractivity contribution in [2.75, 3.05) is 19.8 Å². The van der Waals surface area contributed by atoms with Crippen LogP contribution in [0.25, 0.3) is 11.5 Å². The van der Waals surface area contributed by atoms with Crippen LogP contribution >= 0.6 is 0 Å². The fourth-order valence-electron chi connectivity index (χ4n) is 2.22. The van der Waals surface area contributed by atoms with E-state index in [1.807, 2.05) is 0 Å². The zero-order valence-electron chi connectivity index (χ0n) is 11.4. The molecule has 1 fully saturated rings. The molecule has 0 bridgehead atoms. The first-order valence-electron chi connectivity index (χ1n) is 6.55. The highest BCUT2D eigenvalue weighted by Crippen LogP contribution is 2.26. The minimum absolute atomic E-state index is 0.0702. The van der Waals surface area contributed by atoms with Crippen molar-refractivity contribution in [3.8, 4) is 11.5 Å². The summed E-state index contributed by atoms with van der Waals surface area (Å²) in [5.74, 6) is 0.871. The van der Waals surface area contributed by atoms with E-state index in [9.17, 15) is 10.1 Å². The van der Waals surface area contributed by atoms with Crippen LogP contribution in [0.3, 0.4) is 0 Å². The Labute approximate surface area is 120 Å². The molecule has 1 aliphatic heterocycles. The van der Waals surface area contributed by atoms with Gasteiger partial charge in [-0.05, 0) is 19.1 Å². The van der Waals surface area contributed by atoms with Crippen LogP contribution in [-0.2, 0) is 4.74 Å². The summed E-state index contributed by atoms with van der Waals surface area (Å²) in [6.07, 6.45) is 0. The third-order valence-electron chi connectivity index (χ3n) is 3.32. The summed E-state index contributed by atoms with van der Waals surface area (Å²) in [5.41, 5.74) is 1.28. The monoisotopic (exact) mass is 290 g/mol. The molecular weight excluding hydrogens is 276 g/mol. The largest absolute Gasteiger partial charge is 0.378 e. The van der Waals surface area contributed by atoms with Crippen molar-refractivity contribution >= 4 is 5.69 Å². The number of nitro benzene ring substituents is 1. The van der Waals surface area contributed by atoms with Gasteiger partial charge in [-0.1, -0.05) is 5.16 Å². The second-order valence-corrected chi connectivity index (χ2v) is 4.80. The molecule has 0 spiro atoms. The van der Waals surface area contributed by atoms with Crippen LogP contribution in [-0.4, -0.2) is 34.8 Å². The Balaban J connectivity index is 1.85. The van der Waals surface area contributed by atoms with Gasteiger partial charge in [0.05, 0.1) is 24.2 Å². The average molecular weight is 290 g/mol. The summed E-state index contributed by atoms with van der Waals surface area (Å²) < 4.78 is 10.6. The topological polar surface area (TPSA) is 103 Å². The van der Waals surface area contributed by atoms with Gasteiger partial charge in [0.2, 0.25) is 0 Å². The second kappa shape index (κ2) is 5.58. The lowest BCUT2D eigenvalue weighted by atomic mass is 10.1. The number of nitrogens with zero attached hydrogens (tertiary/aromatic N) is 3. The van der Waals surface area contributed by atoms with Gasteiger partial charge in [0.25, 0.3) is 11.6 Å². The predicted molar refractivity (Wildman–Crippen MR) is 72.7 cm³/mol. The van der Waals surface area contributed by atoms with E-state index in [-0.39, 0.29) is 11.7 Å². The molecule has 1 aliphatic rings. The Hall–Kier alpha value is -2.32. The Kier molecular flexibility index (Phi) is 3.63. The maximum Gasteiger partial charge on any atom is 0.272 e. The Morgan fingerprint density at radius 3 is 3.00 bits per heavy atom. The van der Waals surface area contributed by atoms with Gasteiger partial charge in [0, 0.05) is 23.7 Å². The molecule has 0 aliphatic carbocycles. The lowest BCUT2D eigenvalue weighted by molar-refractivity contribution is -0.385. The van der Waals surface area contributed by atoms with Crippen LogP contribution in [0.1, 0.15) is 17.4 Å². The molecule has 0 radical (unpaired) electrons. The van der Waals surface area contributed by atoms with Gasteiger partial charge in [-0.2, -0.15) is 4.98 Å². The number of morpholine rings is 1. The van der Waals surface area contributed by atoms with E-state index in [0.717, 1.165) is 6.54 Å². The number of aryl methyl sites for hydroxylation is 1. The molecule has 0 amide bonds. The first-order valence-corrected chi connectivity index (χ1v) is 6.55. The van der Waals surface area contributed by atoms with Gasteiger partial charge in [0.15, 0.2) is 5.82 Å². The quantitative estimate of drug-likeness (QED) is 0.676. The van der Waals surface area contributed by atoms with Crippen LogP contribution < -0.4 is 5.32 Å². The molecule has 1 atom stereocenters. The maximum absolute atomic E-state index is 10.8. The standard InChI is InChI=1S/C13H14N4O4/c1-8-6-9(2-3-11(8)17(18)19)13-15-12(16-21-13)10-7-20-5-4-14-10/h2-3,6,10,14H,4-5,7H2,1H3. The molecule has 8 nitrogen and oxygen atoms in total. The molecule has 2 heterocycles. The molecule has 8 heteroatoms. The van der Waals surface area contributed by atoms with E-state index in [1.165, 1.54) is 6.07 Å². The van der Waals surface area contributed by atoms with Crippen molar-refractivity contribution in [2.45, 2.75) is 13.0 Å². The Morgan fingerprint density at radius 1 is 1.48 bits per heavy atom. The van der Waals surface area contributed by atoms with E-state index in [4.69, 9.17) is 9.26 Å². The van der Waals surface area contributed by atoms with Crippen LogP contribution in [0, 0.1) is 17.0 Å². The molecule has 1 unspecified atom stereocenters. The van der Waals surface area contributed by atoms with Gasteiger partial charge in [-0.25, -0.2) is 0 Å². The third kappa shape index (κ3) is 2.76. The van der Waals surface area contributed by atoms with Gasteiger partial charge in [0.1, 0.15) is 0 Å². The van der Waals surface area contributed by atoms with Crippen LogP contribution in [0.4, 0.5) is 5.69 Å². The summed E-state index contributed by atoms with van der Waals surface area (Å²) in [6.45, 7) is 3.58. The molecule has 21 heavy (non-hydrogen) atoms. The summed E-state index contributed by atoms with van der Waals surface area (Å²) >= 11 is 0. The van der Waals surface area contributed by atoms with Gasteiger partial charge in [-0.3, -0.25) is 10.1 Å². The number of hydrogen-bond donors (Lipinski definition) is 1. The summed E-state index contributed by atoms with van der Waals surface area (Å²) in [4.78, 5) is 14.7. The first kappa shape index (κ1) is 13.7. The molecule has 1 saturated heterocycles. The average Bonchev–Trinajstić information content (AvgIpc) is 2.97. The number of rotatable bonds is 3.